The van der Waals surface area contributed by atoms with Crippen molar-refractivity contribution in [2.45, 2.75) is 44.6 Å². The zero-order valence-electron chi connectivity index (χ0n) is 13.4. The van der Waals surface area contributed by atoms with E-state index in [1.807, 2.05) is 13.0 Å². The number of nitrogens with zero attached hydrogens (tertiary/aromatic N) is 1. The van der Waals surface area contributed by atoms with E-state index in [-0.39, 0.29) is 11.4 Å². The molecular formula is C17H26N2O3. The molecule has 122 valence electrons. The van der Waals surface area contributed by atoms with Crippen LogP contribution in [-0.4, -0.2) is 49.2 Å². The average molecular weight is 306 g/mol. The van der Waals surface area contributed by atoms with E-state index in [1.165, 1.54) is 19.3 Å². The van der Waals surface area contributed by atoms with Crippen LogP contribution in [0.4, 0.5) is 0 Å². The summed E-state index contributed by atoms with van der Waals surface area (Å²) < 4.78 is 10.9. The fraction of sp³-hybridized carbons (Fsp3) is 0.706. The Morgan fingerprint density at radius 2 is 1.95 bits per heavy atom. The van der Waals surface area contributed by atoms with Crippen LogP contribution in [0.15, 0.2) is 16.5 Å². The molecular weight excluding hydrogens is 280 g/mol. The largest absolute Gasteiger partial charge is 0.456 e. The molecule has 2 heterocycles. The maximum Gasteiger partial charge on any atom is 0.287 e. The van der Waals surface area contributed by atoms with E-state index >= 15 is 0 Å². The first-order valence-corrected chi connectivity index (χ1v) is 8.37. The van der Waals surface area contributed by atoms with E-state index in [4.69, 9.17) is 9.15 Å². The highest BCUT2D eigenvalue weighted by Gasteiger charge is 2.38. The highest BCUT2D eigenvalue weighted by molar-refractivity contribution is 5.91. The normalized spacial score (nSPS) is 22.4. The molecule has 1 aromatic heterocycles. The van der Waals surface area contributed by atoms with Crippen molar-refractivity contribution in [1.29, 1.82) is 0 Å². The van der Waals surface area contributed by atoms with Gasteiger partial charge in [0, 0.05) is 25.2 Å². The summed E-state index contributed by atoms with van der Waals surface area (Å²) in [6.07, 6.45) is 6.10. The van der Waals surface area contributed by atoms with Crippen LogP contribution in [0.25, 0.3) is 0 Å². The van der Waals surface area contributed by atoms with Crippen molar-refractivity contribution in [3.63, 3.8) is 0 Å². The minimum atomic E-state index is -0.105. The SMILES string of the molecule is Cc1ccc(C(=O)NCC2(N3CCOCC3)CCCCC2)o1. The van der Waals surface area contributed by atoms with E-state index in [1.54, 1.807) is 6.07 Å². The van der Waals surface area contributed by atoms with Crippen molar-refractivity contribution >= 4 is 5.91 Å². The molecule has 0 aromatic carbocycles. The van der Waals surface area contributed by atoms with Crippen molar-refractivity contribution in [3.8, 4) is 0 Å². The summed E-state index contributed by atoms with van der Waals surface area (Å²) in [5.74, 6) is 1.07. The maximum atomic E-state index is 12.3. The molecule has 0 unspecified atom stereocenters. The molecule has 1 N–H and O–H groups in total. The van der Waals surface area contributed by atoms with Crippen LogP contribution < -0.4 is 5.32 Å². The van der Waals surface area contributed by atoms with Crippen LogP contribution in [0.3, 0.4) is 0 Å². The van der Waals surface area contributed by atoms with Crippen molar-refractivity contribution in [1.82, 2.24) is 10.2 Å². The predicted octanol–water partition coefficient (Wildman–Crippen LogP) is 2.35. The van der Waals surface area contributed by atoms with Gasteiger partial charge in [-0.25, -0.2) is 0 Å². The molecule has 5 heteroatoms. The van der Waals surface area contributed by atoms with E-state index in [9.17, 15) is 4.79 Å². The lowest BCUT2D eigenvalue weighted by molar-refractivity contribution is -0.0362. The highest BCUT2D eigenvalue weighted by atomic mass is 16.5. The van der Waals surface area contributed by atoms with Crippen molar-refractivity contribution in [2.75, 3.05) is 32.8 Å². The molecule has 1 saturated carbocycles. The zero-order valence-corrected chi connectivity index (χ0v) is 13.4. The van der Waals surface area contributed by atoms with Gasteiger partial charge in [-0.05, 0) is 31.9 Å². The predicted molar refractivity (Wildman–Crippen MR) is 84.0 cm³/mol. The minimum absolute atomic E-state index is 0.0966. The fourth-order valence-electron chi connectivity index (χ4n) is 3.74. The van der Waals surface area contributed by atoms with Crippen molar-refractivity contribution in [2.24, 2.45) is 0 Å². The number of morpholine rings is 1. The molecule has 2 aliphatic rings. The van der Waals surface area contributed by atoms with Crippen LogP contribution in [0.2, 0.25) is 0 Å². The molecule has 2 fully saturated rings. The number of carbonyl (C=O) groups is 1. The van der Waals surface area contributed by atoms with Crippen molar-refractivity contribution < 1.29 is 13.9 Å². The number of furan rings is 1. The lowest BCUT2D eigenvalue weighted by Gasteiger charge is -2.48. The summed E-state index contributed by atoms with van der Waals surface area (Å²) in [5.41, 5.74) is 0.0966. The second kappa shape index (κ2) is 6.84. The fourth-order valence-corrected chi connectivity index (χ4v) is 3.74. The zero-order chi connectivity index (χ0) is 15.4. The van der Waals surface area contributed by atoms with Gasteiger partial charge in [-0.2, -0.15) is 0 Å². The second-order valence-electron chi connectivity index (χ2n) is 6.48. The lowest BCUT2D eigenvalue weighted by Crippen LogP contribution is -2.59. The summed E-state index contributed by atoms with van der Waals surface area (Å²) >= 11 is 0. The second-order valence-corrected chi connectivity index (χ2v) is 6.48. The van der Waals surface area contributed by atoms with Crippen LogP contribution in [-0.2, 0) is 4.74 Å². The number of rotatable bonds is 4. The molecule has 1 aromatic rings. The first-order chi connectivity index (χ1) is 10.7. The van der Waals surface area contributed by atoms with Crippen LogP contribution in [0.5, 0.6) is 0 Å². The summed E-state index contributed by atoms with van der Waals surface area (Å²) in [5, 5.41) is 3.10. The van der Waals surface area contributed by atoms with Crippen LogP contribution >= 0.6 is 0 Å². The Hall–Kier alpha value is -1.33. The van der Waals surface area contributed by atoms with Gasteiger partial charge in [0.1, 0.15) is 5.76 Å². The van der Waals surface area contributed by atoms with Crippen molar-refractivity contribution in [3.05, 3.63) is 23.7 Å². The van der Waals surface area contributed by atoms with Gasteiger partial charge in [-0.1, -0.05) is 19.3 Å². The Labute approximate surface area is 132 Å². The standard InChI is InChI=1S/C17H26N2O3/c1-14-5-6-15(22-14)16(20)18-13-17(7-3-2-4-8-17)19-9-11-21-12-10-19/h5-6H,2-4,7-13H2,1H3,(H,18,20). The maximum absolute atomic E-state index is 12.3. The molecule has 1 aliphatic carbocycles. The van der Waals surface area contributed by atoms with E-state index in [2.05, 4.69) is 10.2 Å². The molecule has 22 heavy (non-hydrogen) atoms. The van der Waals surface area contributed by atoms with E-state index in [0.717, 1.165) is 44.9 Å². The van der Waals surface area contributed by atoms with Crippen LogP contribution in [0, 0.1) is 6.92 Å². The van der Waals surface area contributed by atoms with Gasteiger partial charge < -0.3 is 14.5 Å². The number of nitrogens with one attached hydrogen (secondary N) is 1. The topological polar surface area (TPSA) is 54.7 Å². The van der Waals surface area contributed by atoms with Gasteiger partial charge in [-0.3, -0.25) is 9.69 Å². The third-order valence-electron chi connectivity index (χ3n) is 5.01. The smallest absolute Gasteiger partial charge is 0.287 e. The molecule has 3 rings (SSSR count). The monoisotopic (exact) mass is 306 g/mol. The molecule has 5 nitrogen and oxygen atoms in total. The first kappa shape index (κ1) is 15.6. The molecule has 0 bridgehead atoms. The number of amides is 1. The van der Waals surface area contributed by atoms with E-state index < -0.39 is 0 Å². The summed E-state index contributed by atoms with van der Waals surface area (Å²) in [6, 6.07) is 3.57. The van der Waals surface area contributed by atoms with Gasteiger partial charge in [-0.15, -0.1) is 0 Å². The molecule has 1 aliphatic heterocycles. The van der Waals surface area contributed by atoms with Gasteiger partial charge >= 0.3 is 0 Å². The third-order valence-corrected chi connectivity index (χ3v) is 5.01. The summed E-state index contributed by atoms with van der Waals surface area (Å²) in [6.45, 7) is 6.09. The molecule has 0 atom stereocenters. The molecule has 0 radical (unpaired) electrons. The van der Waals surface area contributed by atoms with Gasteiger partial charge in [0.15, 0.2) is 5.76 Å². The Morgan fingerprint density at radius 3 is 2.59 bits per heavy atom. The average Bonchev–Trinajstić information content (AvgIpc) is 3.01. The minimum Gasteiger partial charge on any atom is -0.456 e. The number of aryl methyl sites for hydroxylation is 1. The van der Waals surface area contributed by atoms with Gasteiger partial charge in [0.25, 0.3) is 5.91 Å². The number of carbonyl (C=O) groups excluding carboxylic acids is 1. The highest BCUT2D eigenvalue weighted by Crippen LogP contribution is 2.33. The summed E-state index contributed by atoms with van der Waals surface area (Å²) in [7, 11) is 0. The Kier molecular flexibility index (Phi) is 4.84. The Balaban J connectivity index is 1.66. The Morgan fingerprint density at radius 1 is 1.23 bits per heavy atom. The molecule has 1 amide bonds. The van der Waals surface area contributed by atoms with E-state index in [0.29, 0.717) is 12.3 Å². The summed E-state index contributed by atoms with van der Waals surface area (Å²) in [4.78, 5) is 14.8. The number of ether oxygens (including phenoxy) is 1. The van der Waals surface area contributed by atoms with Crippen LogP contribution in [0.1, 0.15) is 48.4 Å². The van der Waals surface area contributed by atoms with Gasteiger partial charge in [0.05, 0.1) is 13.2 Å². The molecule has 1 saturated heterocycles. The number of hydrogen-bond donors (Lipinski definition) is 1. The third kappa shape index (κ3) is 3.36. The first-order valence-electron chi connectivity index (χ1n) is 8.37. The number of hydrogen-bond acceptors (Lipinski definition) is 4. The lowest BCUT2D eigenvalue weighted by atomic mass is 9.79. The Bertz CT molecular complexity index is 500. The quantitative estimate of drug-likeness (QED) is 0.928. The molecule has 0 spiro atoms. The van der Waals surface area contributed by atoms with Gasteiger partial charge in [0.2, 0.25) is 0 Å².